The lowest BCUT2D eigenvalue weighted by Gasteiger charge is -2.33. The molecular formula is C74H68N4O. The molecule has 1 aliphatic heterocycles. The molecule has 0 atom stereocenters. The number of para-hydroxylation sites is 4. The molecule has 0 unspecified atom stereocenters. The molecule has 0 saturated carbocycles. The number of hydrogen-bond donors (Lipinski definition) is 0. The molecule has 4 heterocycles. The Labute approximate surface area is 463 Å². The number of benzene rings is 10. The van der Waals surface area contributed by atoms with E-state index < -0.39 is 0 Å². The number of hydrogen-bond acceptors (Lipinski definition) is 2. The first-order valence-corrected chi connectivity index (χ1v) is 28.2. The number of anilines is 3. The summed E-state index contributed by atoms with van der Waals surface area (Å²) in [6, 6.07) is 73.2. The van der Waals surface area contributed by atoms with E-state index in [0.717, 1.165) is 67.4 Å². The summed E-state index contributed by atoms with van der Waals surface area (Å²) in [7, 11) is 0. The Kier molecular flexibility index (Phi) is 10.5. The molecule has 0 spiro atoms. The third kappa shape index (κ3) is 7.64. The maximum Gasteiger partial charge on any atom is 0.151 e. The van der Waals surface area contributed by atoms with Gasteiger partial charge in [0.1, 0.15) is 0 Å². The average molecular weight is 1030 g/mol. The normalized spacial score (nSPS) is 13.4. The second kappa shape index (κ2) is 17.0. The molecule has 0 saturated heterocycles. The molecule has 0 fully saturated rings. The molecule has 0 bridgehead atoms. The first kappa shape index (κ1) is 48.8. The van der Waals surface area contributed by atoms with Gasteiger partial charge in [0.05, 0.1) is 55.8 Å². The third-order valence-electron chi connectivity index (χ3n) is 17.0. The standard InChI is InChI=1S/C74H68N4O/c1-71(2,3)45-25-33-61-55(39-45)56-40-46(72(4,5)6)26-34-62(56)75(61)49-29-31-53-54-32-30-50(76-63-35-27-47(73(7,8)9)41-57(63)58-42-48(74(10,11)12)28-36-64(58)76)44-68(54)78(67(53)43-49)60-38-37-59(51-19-13-14-20-52(51)60)77-65-21-15-17-23-69(65)79-70-24-18-16-22-66(70)77/h13-44H,1-12H3. The zero-order valence-electron chi connectivity index (χ0n) is 47.7. The first-order chi connectivity index (χ1) is 37.7. The summed E-state index contributed by atoms with van der Waals surface area (Å²) in [5.41, 5.74) is 18.9. The van der Waals surface area contributed by atoms with Crippen LogP contribution < -0.4 is 9.64 Å². The largest absolute Gasteiger partial charge is 0.453 e. The highest BCUT2D eigenvalue weighted by atomic mass is 16.5. The summed E-state index contributed by atoms with van der Waals surface area (Å²) in [5, 5.41) is 9.82. The summed E-state index contributed by atoms with van der Waals surface area (Å²) in [6.45, 7) is 27.8. The smallest absolute Gasteiger partial charge is 0.151 e. The molecule has 0 amide bonds. The molecule has 390 valence electrons. The fraction of sp³-hybridized carbons (Fsp3) is 0.216. The molecule has 0 N–H and O–H groups in total. The molecule has 14 rings (SSSR count). The van der Waals surface area contributed by atoms with Crippen LogP contribution >= 0.6 is 0 Å². The summed E-state index contributed by atoms with van der Waals surface area (Å²) >= 11 is 0. The van der Waals surface area contributed by atoms with Gasteiger partial charge in [-0.2, -0.15) is 0 Å². The molecule has 1 aliphatic rings. The van der Waals surface area contributed by atoms with Crippen LogP contribution in [0, 0.1) is 0 Å². The van der Waals surface area contributed by atoms with Crippen LogP contribution in [0.1, 0.15) is 105 Å². The van der Waals surface area contributed by atoms with Crippen molar-refractivity contribution in [2.24, 2.45) is 0 Å². The van der Waals surface area contributed by atoms with E-state index in [1.807, 2.05) is 12.1 Å². The highest BCUT2D eigenvalue weighted by Crippen LogP contribution is 2.53. The number of nitrogens with zero attached hydrogens (tertiary/aromatic N) is 4. The summed E-state index contributed by atoms with van der Waals surface area (Å²) in [6.07, 6.45) is 0. The molecular weight excluding hydrogens is 961 g/mol. The van der Waals surface area contributed by atoms with Crippen molar-refractivity contribution in [1.82, 2.24) is 13.7 Å². The number of rotatable bonds is 4. The Morgan fingerprint density at radius 3 is 0.975 bits per heavy atom. The molecule has 10 aromatic carbocycles. The van der Waals surface area contributed by atoms with Gasteiger partial charge in [-0.25, -0.2) is 0 Å². The van der Waals surface area contributed by atoms with E-state index >= 15 is 0 Å². The van der Waals surface area contributed by atoms with Crippen molar-refractivity contribution < 1.29 is 4.74 Å². The number of ether oxygens (including phenoxy) is 1. The van der Waals surface area contributed by atoms with Crippen molar-refractivity contribution >= 4 is 93.3 Å². The number of aromatic nitrogens is 3. The summed E-state index contributed by atoms with van der Waals surface area (Å²) in [5.74, 6) is 1.67. The minimum atomic E-state index is -0.000216. The Bertz CT molecular complexity index is 4290. The minimum absolute atomic E-state index is 0.000216. The fourth-order valence-electron chi connectivity index (χ4n) is 12.6. The minimum Gasteiger partial charge on any atom is -0.453 e. The van der Waals surface area contributed by atoms with Crippen LogP contribution in [0.25, 0.3) is 93.3 Å². The van der Waals surface area contributed by atoms with E-state index in [-0.39, 0.29) is 21.7 Å². The Morgan fingerprint density at radius 1 is 0.253 bits per heavy atom. The van der Waals surface area contributed by atoms with Gasteiger partial charge in [0.25, 0.3) is 0 Å². The van der Waals surface area contributed by atoms with Gasteiger partial charge in [-0.3, -0.25) is 0 Å². The quantitative estimate of drug-likeness (QED) is 0.176. The highest BCUT2D eigenvalue weighted by molar-refractivity contribution is 6.15. The van der Waals surface area contributed by atoms with Crippen LogP contribution in [0.4, 0.5) is 17.1 Å². The van der Waals surface area contributed by atoms with Crippen molar-refractivity contribution in [3.8, 4) is 28.6 Å². The fourth-order valence-corrected chi connectivity index (χ4v) is 12.6. The van der Waals surface area contributed by atoms with Crippen LogP contribution in [0.2, 0.25) is 0 Å². The second-order valence-electron chi connectivity index (χ2n) is 26.4. The summed E-state index contributed by atoms with van der Waals surface area (Å²) < 4.78 is 14.1. The van der Waals surface area contributed by atoms with Crippen molar-refractivity contribution in [2.45, 2.75) is 105 Å². The van der Waals surface area contributed by atoms with Gasteiger partial charge in [0.15, 0.2) is 11.5 Å². The molecule has 5 nitrogen and oxygen atoms in total. The second-order valence-corrected chi connectivity index (χ2v) is 26.4. The molecule has 5 heteroatoms. The topological polar surface area (TPSA) is 27.3 Å². The van der Waals surface area contributed by atoms with Gasteiger partial charge in [0, 0.05) is 54.5 Å². The molecule has 3 aromatic heterocycles. The van der Waals surface area contributed by atoms with Gasteiger partial charge in [-0.1, -0.05) is 168 Å². The van der Waals surface area contributed by atoms with Crippen LogP contribution in [-0.4, -0.2) is 13.7 Å². The predicted octanol–water partition coefficient (Wildman–Crippen LogP) is 20.9. The zero-order valence-corrected chi connectivity index (χ0v) is 47.7. The Balaban J connectivity index is 1.07. The van der Waals surface area contributed by atoms with E-state index in [1.54, 1.807) is 0 Å². The maximum atomic E-state index is 6.54. The predicted molar refractivity (Wildman–Crippen MR) is 337 cm³/mol. The first-order valence-electron chi connectivity index (χ1n) is 28.2. The van der Waals surface area contributed by atoms with Crippen LogP contribution in [0.3, 0.4) is 0 Å². The summed E-state index contributed by atoms with van der Waals surface area (Å²) in [4.78, 5) is 2.37. The SMILES string of the molecule is CC(C)(C)c1ccc2c(c1)c1cc(C(C)(C)C)ccc1n2-c1ccc2c3ccc(-n4c5ccc(C(C)(C)C)cc5c5cc(C(C)(C)C)ccc54)cc3n(-c3ccc(N4c5ccccc5Oc5ccccc54)c4ccccc34)c2c1. The molecule has 0 radical (unpaired) electrons. The van der Waals surface area contributed by atoms with E-state index in [2.05, 4.69) is 284 Å². The van der Waals surface area contributed by atoms with Gasteiger partial charge in [0.2, 0.25) is 0 Å². The van der Waals surface area contributed by atoms with Crippen LogP contribution in [0.15, 0.2) is 194 Å². The lowest BCUT2D eigenvalue weighted by atomic mass is 9.85. The van der Waals surface area contributed by atoms with Crippen LogP contribution in [0.5, 0.6) is 11.5 Å². The third-order valence-corrected chi connectivity index (χ3v) is 17.0. The van der Waals surface area contributed by atoms with E-state index in [0.29, 0.717) is 0 Å². The molecule has 13 aromatic rings. The van der Waals surface area contributed by atoms with Gasteiger partial charge >= 0.3 is 0 Å². The zero-order chi connectivity index (χ0) is 54.7. The number of fused-ring (bicyclic) bond motifs is 12. The maximum absolute atomic E-state index is 6.54. The van der Waals surface area contributed by atoms with Gasteiger partial charge < -0.3 is 23.3 Å². The van der Waals surface area contributed by atoms with Crippen molar-refractivity contribution in [2.75, 3.05) is 4.90 Å². The molecule has 0 aliphatic carbocycles. The van der Waals surface area contributed by atoms with E-state index in [9.17, 15) is 0 Å². The van der Waals surface area contributed by atoms with Crippen LogP contribution in [-0.2, 0) is 21.7 Å². The monoisotopic (exact) mass is 1030 g/mol. The van der Waals surface area contributed by atoms with E-state index in [1.165, 1.54) is 76.6 Å². The Morgan fingerprint density at radius 2 is 0.595 bits per heavy atom. The van der Waals surface area contributed by atoms with Gasteiger partial charge in [-0.15, -0.1) is 0 Å². The van der Waals surface area contributed by atoms with Crippen molar-refractivity contribution in [1.29, 1.82) is 0 Å². The molecule has 79 heavy (non-hydrogen) atoms. The average Bonchev–Trinajstić information content (AvgIpc) is 4.03. The van der Waals surface area contributed by atoms with Gasteiger partial charge in [-0.05, 0) is 153 Å². The lowest BCUT2D eigenvalue weighted by Crippen LogP contribution is -2.16. The van der Waals surface area contributed by atoms with Crippen molar-refractivity contribution in [3.63, 3.8) is 0 Å². The lowest BCUT2D eigenvalue weighted by molar-refractivity contribution is 0.477. The van der Waals surface area contributed by atoms with Crippen molar-refractivity contribution in [3.05, 3.63) is 216 Å². The van der Waals surface area contributed by atoms with E-state index in [4.69, 9.17) is 4.74 Å². The highest BCUT2D eigenvalue weighted by Gasteiger charge is 2.29. The Hall–Kier alpha value is -8.54.